The van der Waals surface area contributed by atoms with Gasteiger partial charge in [-0.3, -0.25) is 4.98 Å². The number of hydrogen-bond acceptors (Lipinski definition) is 3. The zero-order valence-corrected chi connectivity index (χ0v) is 7.95. The fourth-order valence-electron chi connectivity index (χ4n) is 1.14. The minimum atomic E-state index is -4.43. The lowest BCUT2D eigenvalue weighted by Crippen LogP contribution is -2.15. The van der Waals surface area contributed by atoms with Crippen LogP contribution in [0.5, 0.6) is 5.75 Å². The highest BCUT2D eigenvalue weighted by atomic mass is 19.4. The van der Waals surface area contributed by atoms with Gasteiger partial charge >= 0.3 is 6.18 Å². The smallest absolute Gasteiger partial charge is 0.391 e. The second-order valence-corrected chi connectivity index (χ2v) is 2.93. The van der Waals surface area contributed by atoms with Gasteiger partial charge in [0.05, 0.1) is 13.5 Å². The molecule has 0 radical (unpaired) electrons. The van der Waals surface area contributed by atoms with Gasteiger partial charge in [0.2, 0.25) is 0 Å². The molecule has 0 aliphatic heterocycles. The number of ether oxygens (including phenoxy) is 1. The highest BCUT2D eigenvalue weighted by molar-refractivity contribution is 5.28. The second kappa shape index (κ2) is 4.48. The number of pyridine rings is 1. The summed E-state index contributed by atoms with van der Waals surface area (Å²) in [5.74, 6) is 0.147. The molecule has 0 amide bonds. The molecule has 0 aliphatic carbocycles. The summed E-state index contributed by atoms with van der Waals surface area (Å²) < 4.78 is 40.8. The standard InChI is InChI=1S/C9H10F3NO2/c1-15-7-3-2-4-13-8(7)6(14)5-9(10,11)12/h2-4,6,14H,5H2,1H3. The van der Waals surface area contributed by atoms with Crippen LogP contribution in [-0.2, 0) is 0 Å². The molecule has 0 spiro atoms. The van der Waals surface area contributed by atoms with Crippen LogP contribution in [0.3, 0.4) is 0 Å². The van der Waals surface area contributed by atoms with Crippen molar-refractivity contribution in [1.29, 1.82) is 0 Å². The van der Waals surface area contributed by atoms with Crippen LogP contribution in [0.25, 0.3) is 0 Å². The molecular weight excluding hydrogens is 211 g/mol. The number of aliphatic hydroxyl groups is 1. The predicted octanol–water partition coefficient (Wildman–Crippen LogP) is 2.08. The third-order valence-electron chi connectivity index (χ3n) is 1.76. The van der Waals surface area contributed by atoms with Crippen molar-refractivity contribution >= 4 is 0 Å². The highest BCUT2D eigenvalue weighted by Crippen LogP contribution is 2.32. The maximum atomic E-state index is 12.0. The molecule has 0 aromatic carbocycles. The summed E-state index contributed by atoms with van der Waals surface area (Å²) in [7, 11) is 1.31. The number of methoxy groups -OCH3 is 1. The van der Waals surface area contributed by atoms with Crippen molar-refractivity contribution in [2.75, 3.05) is 7.11 Å². The Morgan fingerprint density at radius 2 is 2.20 bits per heavy atom. The Morgan fingerprint density at radius 3 is 2.73 bits per heavy atom. The Kier molecular flexibility index (Phi) is 3.52. The maximum Gasteiger partial charge on any atom is 0.391 e. The average molecular weight is 221 g/mol. The van der Waals surface area contributed by atoms with E-state index in [0.29, 0.717) is 0 Å². The third-order valence-corrected chi connectivity index (χ3v) is 1.76. The Labute approximate surface area is 84.5 Å². The summed E-state index contributed by atoms with van der Waals surface area (Å²) in [5.41, 5.74) is -0.0997. The first-order valence-corrected chi connectivity index (χ1v) is 4.18. The van der Waals surface area contributed by atoms with Crippen LogP contribution < -0.4 is 4.74 Å². The van der Waals surface area contributed by atoms with E-state index in [-0.39, 0.29) is 11.4 Å². The molecule has 1 rings (SSSR count). The zero-order valence-electron chi connectivity index (χ0n) is 7.95. The molecular formula is C9H10F3NO2. The van der Waals surface area contributed by atoms with Crippen LogP contribution in [0.1, 0.15) is 18.2 Å². The van der Waals surface area contributed by atoms with Gasteiger partial charge in [0, 0.05) is 6.20 Å². The Morgan fingerprint density at radius 1 is 1.53 bits per heavy atom. The van der Waals surface area contributed by atoms with E-state index >= 15 is 0 Å². The lowest BCUT2D eigenvalue weighted by molar-refractivity contribution is -0.154. The molecule has 6 heteroatoms. The largest absolute Gasteiger partial charge is 0.495 e. The molecule has 3 nitrogen and oxygen atoms in total. The van der Waals surface area contributed by atoms with Crippen molar-refractivity contribution in [2.24, 2.45) is 0 Å². The maximum absolute atomic E-state index is 12.0. The van der Waals surface area contributed by atoms with Gasteiger partial charge in [-0.1, -0.05) is 0 Å². The molecule has 0 saturated heterocycles. The normalized spacial score (nSPS) is 13.7. The molecule has 1 unspecified atom stereocenters. The number of hydrogen-bond donors (Lipinski definition) is 1. The van der Waals surface area contributed by atoms with Crippen molar-refractivity contribution in [3.8, 4) is 5.75 Å². The topological polar surface area (TPSA) is 42.4 Å². The van der Waals surface area contributed by atoms with Crippen LogP contribution in [-0.4, -0.2) is 23.4 Å². The van der Waals surface area contributed by atoms with Crippen molar-refractivity contribution < 1.29 is 23.0 Å². The lowest BCUT2D eigenvalue weighted by Gasteiger charge is -2.14. The van der Waals surface area contributed by atoms with Gasteiger partial charge in [0.15, 0.2) is 0 Å². The Bertz CT molecular complexity index is 327. The monoisotopic (exact) mass is 221 g/mol. The predicted molar refractivity (Wildman–Crippen MR) is 46.4 cm³/mol. The number of rotatable bonds is 3. The molecule has 1 aromatic rings. The summed E-state index contributed by atoms with van der Waals surface area (Å²) in [6, 6.07) is 2.96. The van der Waals surface area contributed by atoms with Gasteiger partial charge in [-0.15, -0.1) is 0 Å². The van der Waals surface area contributed by atoms with E-state index < -0.39 is 18.7 Å². The van der Waals surface area contributed by atoms with E-state index in [0.717, 1.165) is 0 Å². The van der Waals surface area contributed by atoms with Crippen LogP contribution >= 0.6 is 0 Å². The second-order valence-electron chi connectivity index (χ2n) is 2.93. The van der Waals surface area contributed by atoms with Gasteiger partial charge < -0.3 is 9.84 Å². The molecule has 15 heavy (non-hydrogen) atoms. The Balaban J connectivity index is 2.86. The summed E-state index contributed by atoms with van der Waals surface area (Å²) in [6.07, 6.45) is -6.15. The van der Waals surface area contributed by atoms with E-state index in [1.54, 1.807) is 0 Å². The highest BCUT2D eigenvalue weighted by Gasteiger charge is 2.33. The van der Waals surface area contributed by atoms with E-state index in [1.807, 2.05) is 0 Å². The average Bonchev–Trinajstić information content (AvgIpc) is 2.15. The van der Waals surface area contributed by atoms with Gasteiger partial charge in [-0.2, -0.15) is 13.2 Å². The summed E-state index contributed by atoms with van der Waals surface area (Å²) >= 11 is 0. The van der Waals surface area contributed by atoms with Crippen molar-refractivity contribution in [3.63, 3.8) is 0 Å². The summed E-state index contributed by atoms with van der Waals surface area (Å²) in [5, 5.41) is 9.31. The fourth-order valence-corrected chi connectivity index (χ4v) is 1.14. The minimum Gasteiger partial charge on any atom is -0.495 e. The van der Waals surface area contributed by atoms with Crippen molar-refractivity contribution in [3.05, 3.63) is 24.0 Å². The van der Waals surface area contributed by atoms with Crippen molar-refractivity contribution in [2.45, 2.75) is 18.7 Å². The summed E-state index contributed by atoms with van der Waals surface area (Å²) in [6.45, 7) is 0. The van der Waals surface area contributed by atoms with Gasteiger partial charge in [0.1, 0.15) is 17.5 Å². The SMILES string of the molecule is COc1cccnc1C(O)CC(F)(F)F. The lowest BCUT2D eigenvalue weighted by atomic mass is 10.1. The number of halogens is 3. The van der Waals surface area contributed by atoms with Gasteiger partial charge in [0.25, 0.3) is 0 Å². The first kappa shape index (κ1) is 11.8. The van der Waals surface area contributed by atoms with Gasteiger partial charge in [-0.25, -0.2) is 0 Å². The number of aromatic nitrogens is 1. The number of nitrogens with zero attached hydrogens (tertiary/aromatic N) is 1. The first-order valence-electron chi connectivity index (χ1n) is 4.18. The van der Waals surface area contributed by atoms with E-state index in [2.05, 4.69) is 4.98 Å². The van der Waals surface area contributed by atoms with Crippen LogP contribution in [0, 0.1) is 0 Å². The fraction of sp³-hybridized carbons (Fsp3) is 0.444. The molecule has 0 saturated carbocycles. The van der Waals surface area contributed by atoms with E-state index in [4.69, 9.17) is 4.74 Å². The molecule has 0 aliphatic rings. The molecule has 1 heterocycles. The van der Waals surface area contributed by atoms with Gasteiger partial charge in [-0.05, 0) is 12.1 Å². The van der Waals surface area contributed by atoms with Crippen LogP contribution in [0.2, 0.25) is 0 Å². The van der Waals surface area contributed by atoms with E-state index in [9.17, 15) is 18.3 Å². The van der Waals surface area contributed by atoms with Crippen molar-refractivity contribution in [1.82, 2.24) is 4.98 Å². The first-order chi connectivity index (χ1) is 6.94. The molecule has 1 aromatic heterocycles. The minimum absolute atomic E-state index is 0.0997. The molecule has 0 fully saturated rings. The third kappa shape index (κ3) is 3.39. The molecule has 0 bridgehead atoms. The number of alkyl halides is 3. The van der Waals surface area contributed by atoms with Crippen LogP contribution in [0.4, 0.5) is 13.2 Å². The van der Waals surface area contributed by atoms with E-state index in [1.165, 1.54) is 25.4 Å². The quantitative estimate of drug-likeness (QED) is 0.849. The molecule has 1 atom stereocenters. The van der Waals surface area contributed by atoms with Crippen LogP contribution in [0.15, 0.2) is 18.3 Å². The zero-order chi connectivity index (χ0) is 11.5. The molecule has 84 valence electrons. The summed E-state index contributed by atoms with van der Waals surface area (Å²) in [4.78, 5) is 3.66. The number of aliphatic hydroxyl groups excluding tert-OH is 1. The molecule has 1 N–H and O–H groups in total. The Hall–Kier alpha value is -1.30.